The molecule has 1 N–H and O–H groups in total. The fourth-order valence-corrected chi connectivity index (χ4v) is 2.79. The topological polar surface area (TPSA) is 24.5 Å². The van der Waals surface area contributed by atoms with Gasteiger partial charge in [0.25, 0.3) is 0 Å². The lowest BCUT2D eigenvalue weighted by Crippen LogP contribution is -2.36. The van der Waals surface area contributed by atoms with E-state index in [-0.39, 0.29) is 0 Å². The number of hydrogen-bond acceptors (Lipinski definition) is 3. The maximum Gasteiger partial charge on any atom is 0.0600 e. The first-order chi connectivity index (χ1) is 8.42. The Morgan fingerprint density at radius 3 is 2.41 bits per heavy atom. The zero-order chi connectivity index (χ0) is 11.5. The van der Waals surface area contributed by atoms with Gasteiger partial charge in [-0.1, -0.05) is 0 Å². The van der Waals surface area contributed by atoms with Crippen LogP contribution in [0.4, 0.5) is 0 Å². The van der Waals surface area contributed by atoms with Gasteiger partial charge >= 0.3 is 0 Å². The molecule has 0 amide bonds. The second-order valence-electron chi connectivity index (χ2n) is 5.99. The molecule has 1 heterocycles. The first-order valence-corrected chi connectivity index (χ1v) is 7.48. The lowest BCUT2D eigenvalue weighted by Gasteiger charge is -2.26. The van der Waals surface area contributed by atoms with E-state index in [4.69, 9.17) is 4.74 Å². The molecule has 3 fully saturated rings. The van der Waals surface area contributed by atoms with Gasteiger partial charge in [-0.25, -0.2) is 0 Å². The van der Waals surface area contributed by atoms with Gasteiger partial charge in [0.2, 0.25) is 0 Å². The summed E-state index contributed by atoms with van der Waals surface area (Å²) in [6.07, 6.45) is 8.73. The van der Waals surface area contributed by atoms with Crippen LogP contribution in [-0.2, 0) is 4.74 Å². The Kier molecular flexibility index (Phi) is 3.99. The maximum absolute atomic E-state index is 6.01. The first-order valence-electron chi connectivity index (χ1n) is 7.48. The molecule has 0 atom stereocenters. The Hall–Kier alpha value is -0.120. The van der Waals surface area contributed by atoms with Crippen molar-refractivity contribution in [3.05, 3.63) is 0 Å². The van der Waals surface area contributed by atoms with Crippen molar-refractivity contribution in [3.63, 3.8) is 0 Å². The molecule has 0 spiro atoms. The molecule has 17 heavy (non-hydrogen) atoms. The highest BCUT2D eigenvalue weighted by molar-refractivity contribution is 4.88. The summed E-state index contributed by atoms with van der Waals surface area (Å²) in [5, 5.41) is 3.39. The molecule has 3 rings (SSSR count). The average Bonchev–Trinajstić information content (AvgIpc) is 3.23. The lowest BCUT2D eigenvalue weighted by atomic mass is 10.1. The molecule has 0 unspecified atom stereocenters. The number of piperidine rings is 1. The molecule has 2 aliphatic carbocycles. The Labute approximate surface area is 105 Å². The molecule has 0 radical (unpaired) electrons. The molecule has 0 aromatic heterocycles. The SMILES string of the molecule is C1CC(OCCN(CC2CC2)C2CC2)CCN1. The second kappa shape index (κ2) is 5.68. The van der Waals surface area contributed by atoms with Gasteiger partial charge in [0.05, 0.1) is 12.7 Å². The van der Waals surface area contributed by atoms with Crippen LogP contribution in [0, 0.1) is 5.92 Å². The van der Waals surface area contributed by atoms with Crippen molar-refractivity contribution in [2.75, 3.05) is 32.8 Å². The van der Waals surface area contributed by atoms with Crippen LogP contribution in [-0.4, -0.2) is 49.8 Å². The van der Waals surface area contributed by atoms with Crippen LogP contribution in [0.25, 0.3) is 0 Å². The van der Waals surface area contributed by atoms with Crippen LogP contribution in [0.5, 0.6) is 0 Å². The summed E-state index contributed by atoms with van der Waals surface area (Å²) in [7, 11) is 0. The number of nitrogens with zero attached hydrogens (tertiary/aromatic N) is 1. The van der Waals surface area contributed by atoms with Gasteiger partial charge in [-0.2, -0.15) is 0 Å². The molecule has 0 bridgehead atoms. The predicted octanol–water partition coefficient (Wildman–Crippen LogP) is 1.63. The minimum absolute atomic E-state index is 0.526. The smallest absolute Gasteiger partial charge is 0.0600 e. The Morgan fingerprint density at radius 1 is 1.00 bits per heavy atom. The van der Waals surface area contributed by atoms with Crippen molar-refractivity contribution in [1.82, 2.24) is 10.2 Å². The molecular formula is C14H26N2O. The van der Waals surface area contributed by atoms with Crippen molar-refractivity contribution >= 4 is 0 Å². The number of nitrogens with one attached hydrogen (secondary N) is 1. The monoisotopic (exact) mass is 238 g/mol. The highest BCUT2D eigenvalue weighted by Gasteiger charge is 2.33. The van der Waals surface area contributed by atoms with Gasteiger partial charge in [0.1, 0.15) is 0 Å². The molecule has 0 aromatic rings. The normalized spacial score (nSPS) is 26.6. The third-order valence-electron chi connectivity index (χ3n) is 4.27. The minimum atomic E-state index is 0.526. The van der Waals surface area contributed by atoms with Crippen LogP contribution in [0.3, 0.4) is 0 Å². The van der Waals surface area contributed by atoms with Crippen LogP contribution in [0.2, 0.25) is 0 Å². The van der Waals surface area contributed by atoms with E-state index >= 15 is 0 Å². The summed E-state index contributed by atoms with van der Waals surface area (Å²) in [5.74, 6) is 1.02. The van der Waals surface area contributed by atoms with E-state index in [0.29, 0.717) is 6.10 Å². The Bertz CT molecular complexity index is 232. The minimum Gasteiger partial charge on any atom is -0.377 e. The summed E-state index contributed by atoms with van der Waals surface area (Å²) in [6.45, 7) is 5.75. The molecule has 98 valence electrons. The zero-order valence-electron chi connectivity index (χ0n) is 10.9. The van der Waals surface area contributed by atoms with Crippen LogP contribution in [0.1, 0.15) is 38.5 Å². The highest BCUT2D eigenvalue weighted by Crippen LogP contribution is 2.34. The molecule has 2 saturated carbocycles. The van der Waals surface area contributed by atoms with Gasteiger partial charge < -0.3 is 10.1 Å². The third kappa shape index (κ3) is 3.94. The van der Waals surface area contributed by atoms with Crippen molar-refractivity contribution in [2.45, 2.75) is 50.7 Å². The van der Waals surface area contributed by atoms with Gasteiger partial charge in [0.15, 0.2) is 0 Å². The largest absolute Gasteiger partial charge is 0.377 e. The molecule has 1 aliphatic heterocycles. The number of rotatable bonds is 7. The maximum atomic E-state index is 6.01. The van der Waals surface area contributed by atoms with Crippen LogP contribution >= 0.6 is 0 Å². The van der Waals surface area contributed by atoms with Gasteiger partial charge in [-0.15, -0.1) is 0 Å². The standard InChI is InChI=1S/C14H26N2O/c1-2-12(1)11-16(13-3-4-13)9-10-17-14-5-7-15-8-6-14/h12-15H,1-11H2. The Morgan fingerprint density at radius 2 is 1.76 bits per heavy atom. The molecule has 3 aliphatic rings. The van der Waals surface area contributed by atoms with Crippen LogP contribution < -0.4 is 5.32 Å². The summed E-state index contributed by atoms with van der Waals surface area (Å²) >= 11 is 0. The van der Waals surface area contributed by atoms with Gasteiger partial charge in [-0.05, 0) is 57.5 Å². The Balaban J connectivity index is 1.33. The number of ether oxygens (including phenoxy) is 1. The quantitative estimate of drug-likeness (QED) is 0.729. The van der Waals surface area contributed by atoms with E-state index < -0.39 is 0 Å². The predicted molar refractivity (Wildman–Crippen MR) is 69.2 cm³/mol. The summed E-state index contributed by atoms with van der Waals surface area (Å²) in [5.41, 5.74) is 0. The van der Waals surface area contributed by atoms with Crippen LogP contribution in [0.15, 0.2) is 0 Å². The zero-order valence-corrected chi connectivity index (χ0v) is 10.9. The summed E-state index contributed by atoms with van der Waals surface area (Å²) in [4.78, 5) is 2.69. The van der Waals surface area contributed by atoms with E-state index in [9.17, 15) is 0 Å². The molecule has 0 aromatic carbocycles. The van der Waals surface area contributed by atoms with E-state index in [1.54, 1.807) is 0 Å². The van der Waals surface area contributed by atoms with E-state index in [0.717, 1.165) is 31.7 Å². The fraction of sp³-hybridized carbons (Fsp3) is 1.00. The third-order valence-corrected chi connectivity index (χ3v) is 4.27. The van der Waals surface area contributed by atoms with Gasteiger partial charge in [-0.3, -0.25) is 4.90 Å². The lowest BCUT2D eigenvalue weighted by molar-refractivity contribution is 0.0184. The van der Waals surface area contributed by atoms with Crippen molar-refractivity contribution in [2.24, 2.45) is 5.92 Å². The molecule has 3 nitrogen and oxygen atoms in total. The number of hydrogen-bond donors (Lipinski definition) is 1. The molecule has 3 heteroatoms. The van der Waals surface area contributed by atoms with Gasteiger partial charge in [0, 0.05) is 19.1 Å². The van der Waals surface area contributed by atoms with Crippen molar-refractivity contribution in [1.29, 1.82) is 0 Å². The molecule has 1 saturated heterocycles. The summed E-state index contributed by atoms with van der Waals surface area (Å²) < 4.78 is 6.01. The fourth-order valence-electron chi connectivity index (χ4n) is 2.79. The average molecular weight is 238 g/mol. The highest BCUT2D eigenvalue weighted by atomic mass is 16.5. The second-order valence-corrected chi connectivity index (χ2v) is 5.99. The van der Waals surface area contributed by atoms with E-state index in [1.807, 2.05) is 0 Å². The van der Waals surface area contributed by atoms with Crippen molar-refractivity contribution < 1.29 is 4.74 Å². The van der Waals surface area contributed by atoms with E-state index in [2.05, 4.69) is 10.2 Å². The van der Waals surface area contributed by atoms with Crippen molar-refractivity contribution in [3.8, 4) is 0 Å². The first kappa shape index (κ1) is 11.9. The summed E-state index contributed by atoms with van der Waals surface area (Å²) in [6, 6.07) is 0.909. The van der Waals surface area contributed by atoms with E-state index in [1.165, 1.54) is 51.6 Å². The molecular weight excluding hydrogens is 212 g/mol.